The number of carbonyl (C=O) groups is 2. The number of anilines is 1. The first-order valence-corrected chi connectivity index (χ1v) is 11.4. The van der Waals surface area contributed by atoms with E-state index in [2.05, 4.69) is 22.5 Å². The number of amides is 2. The van der Waals surface area contributed by atoms with Crippen LogP contribution in [-0.4, -0.2) is 54.3 Å². The molecule has 6 heteroatoms. The van der Waals surface area contributed by atoms with Gasteiger partial charge in [0, 0.05) is 42.0 Å². The van der Waals surface area contributed by atoms with Crippen molar-refractivity contribution in [2.24, 2.45) is 0 Å². The summed E-state index contributed by atoms with van der Waals surface area (Å²) < 4.78 is 0. The second-order valence-corrected chi connectivity index (χ2v) is 8.37. The van der Waals surface area contributed by atoms with E-state index < -0.39 is 0 Å². The summed E-state index contributed by atoms with van der Waals surface area (Å²) in [5.74, 6) is -0.00414. The van der Waals surface area contributed by atoms with E-state index in [0.29, 0.717) is 18.7 Å². The molecule has 164 valence electrons. The topological polar surface area (TPSA) is 64.7 Å². The molecule has 0 radical (unpaired) electrons. The van der Waals surface area contributed by atoms with Crippen molar-refractivity contribution in [1.29, 1.82) is 0 Å². The Hall–Kier alpha value is -2.86. The lowest BCUT2D eigenvalue weighted by Gasteiger charge is -2.27. The van der Waals surface area contributed by atoms with Gasteiger partial charge >= 0.3 is 0 Å². The molecule has 4 rings (SSSR count). The molecule has 1 fully saturated rings. The molecule has 2 aliphatic rings. The van der Waals surface area contributed by atoms with Gasteiger partial charge in [0.15, 0.2) is 0 Å². The third-order valence-electron chi connectivity index (χ3n) is 6.11. The van der Waals surface area contributed by atoms with E-state index in [1.165, 1.54) is 19.3 Å². The van der Waals surface area contributed by atoms with Crippen molar-refractivity contribution >= 4 is 17.5 Å². The first kappa shape index (κ1) is 21.4. The van der Waals surface area contributed by atoms with Crippen LogP contribution in [-0.2, 0) is 0 Å². The van der Waals surface area contributed by atoms with Crippen LogP contribution in [0.2, 0.25) is 0 Å². The summed E-state index contributed by atoms with van der Waals surface area (Å²) in [6.07, 6.45) is 4.49. The van der Waals surface area contributed by atoms with Crippen molar-refractivity contribution < 1.29 is 9.59 Å². The predicted octanol–water partition coefficient (Wildman–Crippen LogP) is 3.88. The second kappa shape index (κ2) is 9.96. The molecule has 2 N–H and O–H groups in total. The average molecular weight is 421 g/mol. The SMILES string of the molecule is CCCN1C(=O)c2ccccc2[C@@H]1Nc1cccc(C(=O)NCCN2CCCCC2)c1. The third-order valence-corrected chi connectivity index (χ3v) is 6.11. The lowest BCUT2D eigenvalue weighted by atomic mass is 10.1. The molecule has 0 unspecified atom stereocenters. The lowest BCUT2D eigenvalue weighted by molar-refractivity contribution is 0.0742. The Labute approximate surface area is 184 Å². The molecule has 0 aromatic heterocycles. The van der Waals surface area contributed by atoms with Gasteiger partial charge in [0.2, 0.25) is 0 Å². The standard InChI is InChI=1S/C25H32N4O2/c1-2-14-29-23(21-11-4-5-12-22(21)25(29)31)27-20-10-8-9-19(18-20)24(30)26-13-17-28-15-6-3-7-16-28/h4-5,8-12,18,23,27H,2-3,6-7,13-17H2,1H3,(H,26,30)/t23-/m1/s1. The Morgan fingerprint density at radius 2 is 1.84 bits per heavy atom. The van der Waals surface area contributed by atoms with Crippen LogP contribution in [0.1, 0.15) is 65.1 Å². The maximum Gasteiger partial charge on any atom is 0.256 e. The number of hydrogen-bond acceptors (Lipinski definition) is 4. The van der Waals surface area contributed by atoms with Crippen molar-refractivity contribution in [1.82, 2.24) is 15.1 Å². The van der Waals surface area contributed by atoms with Gasteiger partial charge in [-0.2, -0.15) is 0 Å². The minimum absolute atomic E-state index is 0.0570. The molecule has 1 saturated heterocycles. The summed E-state index contributed by atoms with van der Waals surface area (Å²) >= 11 is 0. The normalized spacial score (nSPS) is 18.7. The number of piperidine rings is 1. The summed E-state index contributed by atoms with van der Waals surface area (Å²) in [7, 11) is 0. The third kappa shape index (κ3) is 4.90. The Morgan fingerprint density at radius 1 is 1.03 bits per heavy atom. The summed E-state index contributed by atoms with van der Waals surface area (Å²) in [4.78, 5) is 29.8. The number of fused-ring (bicyclic) bond motifs is 1. The summed E-state index contributed by atoms with van der Waals surface area (Å²) in [6.45, 7) is 6.57. The van der Waals surface area contributed by atoms with E-state index in [-0.39, 0.29) is 18.0 Å². The van der Waals surface area contributed by atoms with Crippen LogP contribution in [0.4, 0.5) is 5.69 Å². The van der Waals surface area contributed by atoms with Crippen molar-refractivity contribution in [2.75, 3.05) is 38.0 Å². The van der Waals surface area contributed by atoms with Crippen molar-refractivity contribution in [3.63, 3.8) is 0 Å². The molecule has 1 atom stereocenters. The summed E-state index contributed by atoms with van der Waals surface area (Å²) in [6, 6.07) is 15.3. The maximum absolute atomic E-state index is 12.8. The molecule has 0 saturated carbocycles. The number of nitrogens with zero attached hydrogens (tertiary/aromatic N) is 2. The Bertz CT molecular complexity index is 923. The first-order valence-electron chi connectivity index (χ1n) is 11.4. The number of benzene rings is 2. The van der Waals surface area contributed by atoms with E-state index in [4.69, 9.17) is 0 Å². The molecule has 6 nitrogen and oxygen atoms in total. The fraction of sp³-hybridized carbons (Fsp3) is 0.440. The van der Waals surface area contributed by atoms with Gasteiger partial charge in [0.1, 0.15) is 6.17 Å². The van der Waals surface area contributed by atoms with Gasteiger partial charge in [-0.1, -0.05) is 37.6 Å². The second-order valence-electron chi connectivity index (χ2n) is 8.37. The van der Waals surface area contributed by atoms with Gasteiger partial charge in [-0.05, 0) is 56.6 Å². The predicted molar refractivity (Wildman–Crippen MR) is 123 cm³/mol. The van der Waals surface area contributed by atoms with Crippen molar-refractivity contribution in [3.8, 4) is 0 Å². The highest BCUT2D eigenvalue weighted by molar-refractivity contribution is 5.99. The van der Waals surface area contributed by atoms with Gasteiger partial charge in [-0.15, -0.1) is 0 Å². The summed E-state index contributed by atoms with van der Waals surface area (Å²) in [5, 5.41) is 6.53. The highest BCUT2D eigenvalue weighted by Gasteiger charge is 2.35. The van der Waals surface area contributed by atoms with E-state index in [0.717, 1.165) is 42.9 Å². The molecule has 2 heterocycles. The van der Waals surface area contributed by atoms with Crippen LogP contribution in [0.15, 0.2) is 48.5 Å². The minimum atomic E-state index is -0.221. The minimum Gasteiger partial charge on any atom is -0.361 e. The smallest absolute Gasteiger partial charge is 0.256 e. The van der Waals surface area contributed by atoms with E-state index >= 15 is 0 Å². The molecular formula is C25H32N4O2. The quantitative estimate of drug-likeness (QED) is 0.680. The molecule has 2 aromatic carbocycles. The van der Waals surface area contributed by atoms with Gasteiger partial charge in [0.25, 0.3) is 11.8 Å². The highest BCUT2D eigenvalue weighted by atomic mass is 16.2. The molecule has 31 heavy (non-hydrogen) atoms. The molecule has 0 spiro atoms. The van der Waals surface area contributed by atoms with Gasteiger partial charge in [-0.3, -0.25) is 9.59 Å². The van der Waals surface area contributed by atoms with Crippen molar-refractivity contribution in [3.05, 3.63) is 65.2 Å². The molecule has 2 aliphatic heterocycles. The zero-order valence-electron chi connectivity index (χ0n) is 18.3. The Morgan fingerprint density at radius 3 is 2.65 bits per heavy atom. The Balaban J connectivity index is 1.41. The molecule has 2 aromatic rings. The Kier molecular flexibility index (Phi) is 6.87. The largest absolute Gasteiger partial charge is 0.361 e. The summed E-state index contributed by atoms with van der Waals surface area (Å²) in [5.41, 5.74) is 3.19. The van der Waals surface area contributed by atoms with E-state index in [1.54, 1.807) is 0 Å². The first-order chi connectivity index (χ1) is 15.2. The number of carbonyl (C=O) groups excluding carboxylic acids is 2. The zero-order valence-corrected chi connectivity index (χ0v) is 18.3. The molecule has 0 aliphatic carbocycles. The van der Waals surface area contributed by atoms with Gasteiger partial charge < -0.3 is 20.4 Å². The van der Waals surface area contributed by atoms with Crippen LogP contribution in [0, 0.1) is 0 Å². The fourth-order valence-electron chi connectivity index (χ4n) is 4.52. The fourth-order valence-corrected chi connectivity index (χ4v) is 4.52. The van der Waals surface area contributed by atoms with E-state index in [9.17, 15) is 9.59 Å². The van der Waals surface area contributed by atoms with Crippen LogP contribution >= 0.6 is 0 Å². The monoisotopic (exact) mass is 420 g/mol. The number of hydrogen-bond donors (Lipinski definition) is 2. The highest BCUT2D eigenvalue weighted by Crippen LogP contribution is 2.34. The molecule has 0 bridgehead atoms. The van der Waals surface area contributed by atoms with Gasteiger partial charge in [-0.25, -0.2) is 0 Å². The van der Waals surface area contributed by atoms with Crippen molar-refractivity contribution in [2.45, 2.75) is 38.8 Å². The maximum atomic E-state index is 12.8. The molecule has 2 amide bonds. The average Bonchev–Trinajstić information content (AvgIpc) is 3.06. The zero-order chi connectivity index (χ0) is 21.6. The van der Waals surface area contributed by atoms with E-state index in [1.807, 2.05) is 53.4 Å². The molecular weight excluding hydrogens is 388 g/mol. The lowest BCUT2D eigenvalue weighted by Crippen LogP contribution is -2.37. The van der Waals surface area contributed by atoms with Crippen LogP contribution in [0.3, 0.4) is 0 Å². The van der Waals surface area contributed by atoms with Crippen LogP contribution in [0.25, 0.3) is 0 Å². The number of rotatable bonds is 8. The van der Waals surface area contributed by atoms with Crippen LogP contribution < -0.4 is 10.6 Å². The number of nitrogens with one attached hydrogen (secondary N) is 2. The van der Waals surface area contributed by atoms with Crippen LogP contribution in [0.5, 0.6) is 0 Å². The van der Waals surface area contributed by atoms with Gasteiger partial charge in [0.05, 0.1) is 0 Å². The number of likely N-dealkylation sites (tertiary alicyclic amines) is 1.